The Morgan fingerprint density at radius 3 is 2.43 bits per heavy atom. The molecule has 0 fully saturated rings. The molecule has 0 saturated carbocycles. The monoisotopic (exact) mass is 401 g/mol. The molecule has 4 N–H and O–H groups in total. The van der Waals surface area contributed by atoms with Crippen LogP contribution >= 0.6 is 0 Å². The molecule has 3 rings (SSSR count). The highest BCUT2D eigenvalue weighted by Crippen LogP contribution is 2.40. The number of aromatic hydroxyl groups is 2. The second-order valence-electron chi connectivity index (χ2n) is 5.85. The van der Waals surface area contributed by atoms with Gasteiger partial charge in [-0.1, -0.05) is 30.3 Å². The lowest BCUT2D eigenvalue weighted by molar-refractivity contribution is -0.114. The summed E-state index contributed by atoms with van der Waals surface area (Å²) >= 11 is 0. The Morgan fingerprint density at radius 1 is 1.04 bits per heavy atom. The first-order valence-electron chi connectivity index (χ1n) is 7.91. The van der Waals surface area contributed by atoms with Gasteiger partial charge in [-0.3, -0.25) is 9.35 Å². The van der Waals surface area contributed by atoms with E-state index < -0.39 is 26.7 Å². The maximum Gasteiger partial charge on any atom is 0.298 e. The van der Waals surface area contributed by atoms with Crippen LogP contribution < -0.4 is 5.32 Å². The van der Waals surface area contributed by atoms with E-state index in [1.165, 1.54) is 19.1 Å². The minimum atomic E-state index is -4.79. The van der Waals surface area contributed by atoms with E-state index in [1.54, 1.807) is 30.3 Å². The molecular weight excluding hydrogens is 386 g/mol. The van der Waals surface area contributed by atoms with Crippen molar-refractivity contribution < 1.29 is 28.0 Å². The molecule has 9 nitrogen and oxygen atoms in total. The minimum Gasteiger partial charge on any atom is -0.506 e. The Bertz CT molecular complexity index is 1220. The van der Waals surface area contributed by atoms with E-state index in [2.05, 4.69) is 15.5 Å². The van der Waals surface area contributed by atoms with Crippen molar-refractivity contribution in [2.75, 3.05) is 5.32 Å². The Kier molecular flexibility index (Phi) is 4.99. The number of benzene rings is 3. The van der Waals surface area contributed by atoms with E-state index in [0.717, 1.165) is 11.5 Å². The van der Waals surface area contributed by atoms with Gasteiger partial charge in [-0.05, 0) is 23.6 Å². The highest BCUT2D eigenvalue weighted by Gasteiger charge is 2.21. The van der Waals surface area contributed by atoms with E-state index in [0.29, 0.717) is 5.39 Å². The highest BCUT2D eigenvalue weighted by molar-refractivity contribution is 7.86. The van der Waals surface area contributed by atoms with Crippen molar-refractivity contribution >= 4 is 43.9 Å². The number of carbonyl (C=O) groups is 1. The molecule has 0 aliphatic carbocycles. The van der Waals surface area contributed by atoms with Gasteiger partial charge in [0, 0.05) is 18.0 Å². The fourth-order valence-electron chi connectivity index (χ4n) is 2.59. The van der Waals surface area contributed by atoms with E-state index >= 15 is 0 Å². The van der Waals surface area contributed by atoms with Crippen LogP contribution in [0.3, 0.4) is 0 Å². The quantitative estimate of drug-likeness (QED) is 0.296. The number of nitrogens with zero attached hydrogens (tertiary/aromatic N) is 2. The van der Waals surface area contributed by atoms with Crippen molar-refractivity contribution in [2.24, 2.45) is 10.2 Å². The third kappa shape index (κ3) is 3.92. The Morgan fingerprint density at radius 2 is 1.75 bits per heavy atom. The molecular formula is C18H15N3O6S. The molecule has 3 aromatic carbocycles. The average Bonchev–Trinajstić information content (AvgIpc) is 2.61. The van der Waals surface area contributed by atoms with Crippen LogP contribution in [0, 0.1) is 0 Å². The summed E-state index contributed by atoms with van der Waals surface area (Å²) in [6.45, 7) is 1.20. The Labute approximate surface area is 159 Å². The minimum absolute atomic E-state index is 0.0194. The van der Waals surface area contributed by atoms with Gasteiger partial charge in [0.05, 0.1) is 0 Å². The van der Waals surface area contributed by atoms with Crippen molar-refractivity contribution in [1.29, 1.82) is 0 Å². The van der Waals surface area contributed by atoms with Gasteiger partial charge < -0.3 is 15.5 Å². The number of amides is 1. The lowest BCUT2D eigenvalue weighted by Gasteiger charge is -2.09. The molecule has 0 unspecified atom stereocenters. The summed E-state index contributed by atoms with van der Waals surface area (Å²) in [7, 11) is -4.79. The zero-order valence-electron chi connectivity index (χ0n) is 14.5. The van der Waals surface area contributed by atoms with Gasteiger partial charge in [-0.15, -0.1) is 10.2 Å². The maximum atomic E-state index is 11.5. The van der Waals surface area contributed by atoms with E-state index in [1.807, 2.05) is 0 Å². The van der Waals surface area contributed by atoms with Gasteiger partial charge in [-0.25, -0.2) is 0 Å². The van der Waals surface area contributed by atoms with E-state index in [4.69, 9.17) is 0 Å². The molecule has 0 aliphatic rings. The Hall–Kier alpha value is -3.50. The van der Waals surface area contributed by atoms with Crippen LogP contribution in [-0.4, -0.2) is 29.1 Å². The summed E-state index contributed by atoms with van der Waals surface area (Å²) in [4.78, 5) is 10.4. The van der Waals surface area contributed by atoms with Gasteiger partial charge in [0.2, 0.25) is 5.91 Å². The van der Waals surface area contributed by atoms with E-state index in [9.17, 15) is 28.0 Å². The molecule has 0 spiro atoms. The topological polar surface area (TPSA) is 149 Å². The first-order chi connectivity index (χ1) is 13.2. The zero-order chi connectivity index (χ0) is 20.5. The molecule has 0 saturated heterocycles. The van der Waals surface area contributed by atoms with Crippen molar-refractivity contribution in [3.05, 3.63) is 48.5 Å². The molecule has 10 heteroatoms. The molecule has 0 bridgehead atoms. The number of azo groups is 1. The van der Waals surface area contributed by atoms with Gasteiger partial charge in [0.15, 0.2) is 5.75 Å². The molecule has 0 aliphatic heterocycles. The fraction of sp³-hybridized carbons (Fsp3) is 0.0556. The first kappa shape index (κ1) is 19.3. The SMILES string of the molecule is CC(=O)Nc1cc(N=Nc2c(O)ccc3ccccc23)c(O)c(S(=O)(=O)O)c1. The van der Waals surface area contributed by atoms with Crippen molar-refractivity contribution in [3.8, 4) is 11.5 Å². The van der Waals surface area contributed by atoms with Crippen molar-refractivity contribution in [1.82, 2.24) is 0 Å². The largest absolute Gasteiger partial charge is 0.506 e. The molecule has 0 radical (unpaired) electrons. The van der Waals surface area contributed by atoms with Gasteiger partial charge in [-0.2, -0.15) is 8.42 Å². The lowest BCUT2D eigenvalue weighted by Crippen LogP contribution is -2.07. The molecule has 28 heavy (non-hydrogen) atoms. The van der Waals surface area contributed by atoms with Crippen LogP contribution in [0.25, 0.3) is 10.8 Å². The number of fused-ring (bicyclic) bond motifs is 1. The van der Waals surface area contributed by atoms with Gasteiger partial charge >= 0.3 is 0 Å². The summed E-state index contributed by atoms with van der Waals surface area (Å²) < 4.78 is 32.3. The van der Waals surface area contributed by atoms with Crippen molar-refractivity contribution in [3.63, 3.8) is 0 Å². The van der Waals surface area contributed by atoms with Crippen LogP contribution in [0.1, 0.15) is 6.92 Å². The highest BCUT2D eigenvalue weighted by atomic mass is 32.2. The molecule has 0 atom stereocenters. The molecule has 144 valence electrons. The normalized spacial score (nSPS) is 11.8. The number of hydrogen-bond donors (Lipinski definition) is 4. The number of rotatable bonds is 4. The van der Waals surface area contributed by atoms with E-state index in [-0.39, 0.29) is 22.8 Å². The second-order valence-corrected chi connectivity index (χ2v) is 7.24. The zero-order valence-corrected chi connectivity index (χ0v) is 15.3. The number of anilines is 1. The van der Waals surface area contributed by atoms with Crippen molar-refractivity contribution in [2.45, 2.75) is 11.8 Å². The summed E-state index contributed by atoms with van der Waals surface area (Å²) in [5.41, 5.74) is -0.240. The predicted molar refractivity (Wildman–Crippen MR) is 102 cm³/mol. The number of phenols is 2. The van der Waals surface area contributed by atoms with Crippen LogP contribution in [0.2, 0.25) is 0 Å². The number of nitrogens with one attached hydrogen (secondary N) is 1. The summed E-state index contributed by atoms with van der Waals surface area (Å²) in [5.74, 6) is -1.52. The standard InChI is InChI=1S/C18H15N3O6S/c1-10(22)19-12-8-14(18(24)16(9-12)28(25,26)27)20-21-17-13-5-3-2-4-11(13)6-7-15(17)23/h2-9,23-24H,1H3,(H,19,22)(H,25,26,27). The summed E-state index contributed by atoms with van der Waals surface area (Å²) in [6.07, 6.45) is 0. The molecule has 0 heterocycles. The van der Waals surface area contributed by atoms with Crippen LogP contribution in [0.5, 0.6) is 11.5 Å². The number of hydrogen-bond acceptors (Lipinski definition) is 7. The fourth-order valence-corrected chi connectivity index (χ4v) is 3.22. The third-order valence-corrected chi connectivity index (χ3v) is 4.66. The molecule has 0 aromatic heterocycles. The predicted octanol–water partition coefficient (Wildman–Crippen LogP) is 3.87. The average molecular weight is 401 g/mol. The first-order valence-corrected chi connectivity index (χ1v) is 9.35. The van der Waals surface area contributed by atoms with Crippen LogP contribution in [0.4, 0.5) is 17.1 Å². The smallest absolute Gasteiger partial charge is 0.298 e. The number of carbonyl (C=O) groups excluding carboxylic acids is 1. The second kappa shape index (κ2) is 7.25. The van der Waals surface area contributed by atoms with Crippen LogP contribution in [0.15, 0.2) is 63.7 Å². The Balaban J connectivity index is 2.17. The van der Waals surface area contributed by atoms with Gasteiger partial charge in [0.25, 0.3) is 10.1 Å². The van der Waals surface area contributed by atoms with Crippen LogP contribution in [-0.2, 0) is 14.9 Å². The lowest BCUT2D eigenvalue weighted by atomic mass is 10.1. The van der Waals surface area contributed by atoms with Gasteiger partial charge in [0.1, 0.15) is 22.0 Å². The molecule has 1 amide bonds. The third-order valence-electron chi connectivity index (χ3n) is 3.79. The number of phenolic OH excluding ortho intramolecular Hbond substituents is 2. The molecule has 3 aromatic rings. The summed E-state index contributed by atoms with van der Waals surface area (Å²) in [6, 6.07) is 12.2. The maximum absolute atomic E-state index is 11.5. The summed E-state index contributed by atoms with van der Waals surface area (Å²) in [5, 5.41) is 31.7.